The van der Waals surface area contributed by atoms with Gasteiger partial charge in [-0.2, -0.15) is 0 Å². The Balaban J connectivity index is 1.75. The number of hydroxylamine groups is 1. The van der Waals surface area contributed by atoms with Gasteiger partial charge >= 0.3 is 0 Å². The van der Waals surface area contributed by atoms with Crippen LogP contribution in [0.5, 0.6) is 0 Å². The number of nitrogens with one attached hydrogen (secondary N) is 2. The van der Waals surface area contributed by atoms with Crippen molar-refractivity contribution in [1.82, 2.24) is 10.8 Å². The Kier molecular flexibility index (Phi) is 4.54. The number of rotatable bonds is 4. The van der Waals surface area contributed by atoms with Gasteiger partial charge in [-0.1, -0.05) is 12.8 Å². The maximum Gasteiger partial charge on any atom is 0.260 e. The quantitative estimate of drug-likeness (QED) is 0.608. The van der Waals surface area contributed by atoms with Crippen LogP contribution in [0.15, 0.2) is 0 Å². The summed E-state index contributed by atoms with van der Waals surface area (Å²) in [7, 11) is 0. The van der Waals surface area contributed by atoms with Gasteiger partial charge in [0.15, 0.2) is 6.61 Å². The molecule has 6 heteroatoms. The fourth-order valence-electron chi connectivity index (χ4n) is 2.95. The number of hydrogen-bond acceptors (Lipinski definition) is 4. The Hall–Kier alpha value is -1.14. The number of nitrogens with two attached hydrogens (primary N) is 1. The van der Waals surface area contributed by atoms with Gasteiger partial charge in [0.2, 0.25) is 5.91 Å². The lowest BCUT2D eigenvalue weighted by Gasteiger charge is -2.39. The van der Waals surface area contributed by atoms with Crippen LogP contribution < -0.4 is 16.5 Å². The molecule has 1 saturated heterocycles. The predicted molar refractivity (Wildman–Crippen MR) is 65.2 cm³/mol. The highest BCUT2D eigenvalue weighted by atomic mass is 16.7. The molecule has 0 spiro atoms. The summed E-state index contributed by atoms with van der Waals surface area (Å²) in [6.07, 6.45) is 6.88. The van der Waals surface area contributed by atoms with Gasteiger partial charge in [0.1, 0.15) is 0 Å². The van der Waals surface area contributed by atoms with E-state index in [4.69, 9.17) is 10.6 Å². The average molecular weight is 255 g/mol. The van der Waals surface area contributed by atoms with Gasteiger partial charge in [0, 0.05) is 6.04 Å². The summed E-state index contributed by atoms with van der Waals surface area (Å²) >= 11 is 0. The first-order chi connectivity index (χ1) is 8.66. The van der Waals surface area contributed by atoms with E-state index >= 15 is 0 Å². The lowest BCUT2D eigenvalue weighted by atomic mass is 9.78. The van der Waals surface area contributed by atoms with Crippen molar-refractivity contribution < 1.29 is 14.4 Å². The van der Waals surface area contributed by atoms with Crippen LogP contribution in [0.2, 0.25) is 0 Å². The van der Waals surface area contributed by atoms with E-state index in [1.54, 1.807) is 0 Å². The molecule has 2 fully saturated rings. The van der Waals surface area contributed by atoms with E-state index in [1.807, 2.05) is 0 Å². The zero-order valence-corrected chi connectivity index (χ0v) is 10.5. The Labute approximate surface area is 107 Å². The van der Waals surface area contributed by atoms with Crippen LogP contribution in [0.1, 0.15) is 38.5 Å². The van der Waals surface area contributed by atoms with Gasteiger partial charge < -0.3 is 11.1 Å². The summed E-state index contributed by atoms with van der Waals surface area (Å²) in [5, 5.41) is 3.39. The smallest absolute Gasteiger partial charge is 0.260 e. The van der Waals surface area contributed by atoms with Crippen molar-refractivity contribution in [2.24, 2.45) is 11.7 Å². The first-order valence-electron chi connectivity index (χ1n) is 6.63. The fraction of sp³-hybridized carbons (Fsp3) is 0.833. The van der Waals surface area contributed by atoms with E-state index < -0.39 is 5.91 Å². The Morgan fingerprint density at radius 2 is 2.00 bits per heavy atom. The highest BCUT2D eigenvalue weighted by Crippen LogP contribution is 2.32. The molecule has 1 aliphatic heterocycles. The minimum atomic E-state index is -0.598. The molecule has 0 bridgehead atoms. The largest absolute Gasteiger partial charge is 0.368 e. The van der Waals surface area contributed by atoms with Crippen molar-refractivity contribution >= 4 is 11.8 Å². The number of carbonyl (C=O) groups is 2. The van der Waals surface area contributed by atoms with Gasteiger partial charge in [-0.3, -0.25) is 14.4 Å². The topological polar surface area (TPSA) is 93.5 Å². The zero-order chi connectivity index (χ0) is 13.0. The van der Waals surface area contributed by atoms with Gasteiger partial charge in [-0.15, -0.1) is 0 Å². The normalized spacial score (nSPS) is 31.4. The lowest BCUT2D eigenvalue weighted by molar-refractivity contribution is -0.140. The summed E-state index contributed by atoms with van der Waals surface area (Å²) < 4.78 is 0. The van der Waals surface area contributed by atoms with Crippen molar-refractivity contribution in [3.8, 4) is 0 Å². The van der Waals surface area contributed by atoms with Crippen molar-refractivity contribution in [2.45, 2.75) is 50.6 Å². The highest BCUT2D eigenvalue weighted by Gasteiger charge is 2.34. The van der Waals surface area contributed by atoms with Crippen LogP contribution in [-0.4, -0.2) is 30.5 Å². The Morgan fingerprint density at radius 3 is 2.78 bits per heavy atom. The summed E-state index contributed by atoms with van der Waals surface area (Å²) in [4.78, 5) is 27.0. The molecule has 102 valence electrons. The standard InChI is InChI=1S/C12H21N3O3/c13-11(16)7-18-15-12(17)10-6-5-8-3-1-2-4-9(8)14-10/h8-10,14H,1-7H2,(H2,13,16)(H,15,17). The number of hydrogen-bond donors (Lipinski definition) is 3. The molecular weight excluding hydrogens is 234 g/mol. The maximum absolute atomic E-state index is 11.8. The highest BCUT2D eigenvalue weighted by molar-refractivity contribution is 5.81. The van der Waals surface area contributed by atoms with E-state index in [2.05, 4.69) is 10.8 Å². The molecule has 3 atom stereocenters. The zero-order valence-electron chi connectivity index (χ0n) is 10.5. The minimum Gasteiger partial charge on any atom is -0.368 e. The predicted octanol–water partition coefficient (Wildman–Crippen LogP) is -0.170. The molecule has 4 N–H and O–H groups in total. The van der Waals surface area contributed by atoms with Gasteiger partial charge in [0.25, 0.3) is 5.91 Å². The number of fused-ring (bicyclic) bond motifs is 1. The number of primary amides is 1. The number of amides is 2. The summed E-state index contributed by atoms with van der Waals surface area (Å²) in [6.45, 7) is -0.287. The van der Waals surface area contributed by atoms with Gasteiger partial charge in [-0.25, -0.2) is 5.48 Å². The van der Waals surface area contributed by atoms with E-state index in [0.717, 1.165) is 19.3 Å². The molecule has 2 amide bonds. The molecule has 0 aromatic heterocycles. The minimum absolute atomic E-state index is 0.208. The molecule has 0 radical (unpaired) electrons. The van der Waals surface area contributed by atoms with Crippen LogP contribution in [0.4, 0.5) is 0 Å². The third kappa shape index (κ3) is 3.43. The van der Waals surface area contributed by atoms with Gasteiger partial charge in [0.05, 0.1) is 6.04 Å². The van der Waals surface area contributed by atoms with Gasteiger partial charge in [-0.05, 0) is 31.6 Å². The molecule has 3 unspecified atom stereocenters. The SMILES string of the molecule is NC(=O)CONC(=O)C1CCC2CCCCC2N1. The third-order valence-electron chi connectivity index (χ3n) is 3.85. The molecule has 1 heterocycles. The van der Waals surface area contributed by atoms with Crippen molar-refractivity contribution in [1.29, 1.82) is 0 Å². The third-order valence-corrected chi connectivity index (χ3v) is 3.85. The summed E-state index contributed by atoms with van der Waals surface area (Å²) in [5.74, 6) is -0.0890. The van der Waals surface area contributed by atoms with Crippen LogP contribution in [-0.2, 0) is 14.4 Å². The fourth-order valence-corrected chi connectivity index (χ4v) is 2.95. The first-order valence-corrected chi connectivity index (χ1v) is 6.63. The maximum atomic E-state index is 11.8. The lowest BCUT2D eigenvalue weighted by Crippen LogP contribution is -2.55. The molecule has 18 heavy (non-hydrogen) atoms. The molecule has 0 aromatic carbocycles. The number of piperidine rings is 1. The molecule has 6 nitrogen and oxygen atoms in total. The molecule has 2 aliphatic rings. The second-order valence-corrected chi connectivity index (χ2v) is 5.17. The van der Waals surface area contributed by atoms with Crippen LogP contribution in [0.25, 0.3) is 0 Å². The first kappa shape index (κ1) is 13.3. The monoisotopic (exact) mass is 255 g/mol. The Morgan fingerprint density at radius 1 is 1.22 bits per heavy atom. The second kappa shape index (κ2) is 6.15. The molecule has 0 aromatic rings. The van der Waals surface area contributed by atoms with Crippen LogP contribution in [0, 0.1) is 5.92 Å². The molecule has 1 saturated carbocycles. The van der Waals surface area contributed by atoms with Crippen molar-refractivity contribution in [3.63, 3.8) is 0 Å². The summed E-state index contributed by atoms with van der Waals surface area (Å²) in [6, 6.07) is 0.247. The average Bonchev–Trinajstić information content (AvgIpc) is 2.37. The van der Waals surface area contributed by atoms with E-state index in [0.29, 0.717) is 12.0 Å². The molecule has 1 aliphatic carbocycles. The van der Waals surface area contributed by atoms with E-state index in [-0.39, 0.29) is 18.6 Å². The molecular formula is C12H21N3O3. The summed E-state index contributed by atoms with van der Waals surface area (Å²) in [5.41, 5.74) is 7.19. The second-order valence-electron chi connectivity index (χ2n) is 5.17. The van der Waals surface area contributed by atoms with E-state index in [9.17, 15) is 9.59 Å². The van der Waals surface area contributed by atoms with Crippen molar-refractivity contribution in [3.05, 3.63) is 0 Å². The molecule has 2 rings (SSSR count). The Bertz CT molecular complexity index is 322. The van der Waals surface area contributed by atoms with Crippen LogP contribution in [0.3, 0.4) is 0 Å². The van der Waals surface area contributed by atoms with E-state index in [1.165, 1.54) is 19.3 Å². The number of carbonyl (C=O) groups excluding carboxylic acids is 2. The van der Waals surface area contributed by atoms with Crippen LogP contribution >= 0.6 is 0 Å². The van der Waals surface area contributed by atoms with Crippen molar-refractivity contribution in [2.75, 3.05) is 6.61 Å².